The van der Waals surface area contributed by atoms with Crippen molar-refractivity contribution in [2.24, 2.45) is 5.41 Å². The lowest BCUT2D eigenvalue weighted by Crippen LogP contribution is -2.37. The summed E-state index contributed by atoms with van der Waals surface area (Å²) in [5, 5.41) is 13.3. The van der Waals surface area contributed by atoms with Gasteiger partial charge in [-0.3, -0.25) is 0 Å². The van der Waals surface area contributed by atoms with E-state index in [1.54, 1.807) is 0 Å². The molecule has 1 rings (SSSR count). The first-order chi connectivity index (χ1) is 6.93. The van der Waals surface area contributed by atoms with E-state index >= 15 is 0 Å². The third-order valence-electron chi connectivity index (χ3n) is 2.39. The highest BCUT2D eigenvalue weighted by Gasteiger charge is 2.23. The van der Waals surface area contributed by atoms with Crippen LogP contribution >= 0.6 is 11.6 Å². The number of anilines is 1. The molecule has 0 amide bonds. The van der Waals surface area contributed by atoms with Crippen molar-refractivity contribution in [1.29, 1.82) is 0 Å². The molecule has 0 aromatic heterocycles. The van der Waals surface area contributed by atoms with Gasteiger partial charge < -0.3 is 10.4 Å². The van der Waals surface area contributed by atoms with Crippen molar-refractivity contribution in [1.82, 2.24) is 0 Å². The average molecular weight is 228 g/mol. The van der Waals surface area contributed by atoms with E-state index in [2.05, 4.69) is 26.1 Å². The van der Waals surface area contributed by atoms with E-state index in [0.29, 0.717) is 5.02 Å². The number of benzene rings is 1. The van der Waals surface area contributed by atoms with Crippen LogP contribution in [0.3, 0.4) is 0 Å². The molecule has 0 aliphatic heterocycles. The quantitative estimate of drug-likeness (QED) is 0.832. The molecule has 84 valence electrons. The second-order valence-electron chi connectivity index (χ2n) is 4.76. The third-order valence-corrected chi connectivity index (χ3v) is 2.63. The number of aliphatic hydroxyl groups excluding tert-OH is 1. The summed E-state index contributed by atoms with van der Waals surface area (Å²) in [6.45, 7) is 6.37. The first-order valence-corrected chi connectivity index (χ1v) is 5.44. The molecule has 1 unspecified atom stereocenters. The molecule has 1 atom stereocenters. The molecule has 1 aromatic rings. The number of halogens is 1. The zero-order valence-electron chi connectivity index (χ0n) is 9.42. The monoisotopic (exact) mass is 227 g/mol. The van der Waals surface area contributed by atoms with E-state index in [1.165, 1.54) is 0 Å². The van der Waals surface area contributed by atoms with Gasteiger partial charge in [-0.1, -0.05) is 38.4 Å². The van der Waals surface area contributed by atoms with E-state index in [1.807, 2.05) is 24.3 Å². The number of aliphatic hydroxyl groups is 1. The zero-order valence-corrected chi connectivity index (χ0v) is 10.2. The van der Waals surface area contributed by atoms with Gasteiger partial charge in [0.2, 0.25) is 0 Å². The number of hydrogen-bond donors (Lipinski definition) is 2. The van der Waals surface area contributed by atoms with Gasteiger partial charge in [0.1, 0.15) is 0 Å². The Bertz CT molecular complexity index is 320. The van der Waals surface area contributed by atoms with Crippen LogP contribution in [0.2, 0.25) is 5.02 Å². The largest absolute Gasteiger partial charge is 0.394 e. The van der Waals surface area contributed by atoms with Crippen LogP contribution in [-0.4, -0.2) is 17.8 Å². The van der Waals surface area contributed by atoms with Gasteiger partial charge in [0.05, 0.1) is 12.6 Å². The molecule has 1 aromatic carbocycles. The van der Waals surface area contributed by atoms with Crippen LogP contribution in [-0.2, 0) is 0 Å². The molecule has 0 radical (unpaired) electrons. The Morgan fingerprint density at radius 3 is 2.53 bits per heavy atom. The number of nitrogens with one attached hydrogen (secondary N) is 1. The summed E-state index contributed by atoms with van der Waals surface area (Å²) in [7, 11) is 0. The minimum atomic E-state index is 0.0110. The second kappa shape index (κ2) is 4.86. The molecule has 0 saturated heterocycles. The van der Waals surface area contributed by atoms with Gasteiger partial charge in [-0.15, -0.1) is 0 Å². The molecule has 0 bridgehead atoms. The van der Waals surface area contributed by atoms with Gasteiger partial charge in [-0.05, 0) is 23.6 Å². The molecule has 0 fully saturated rings. The highest BCUT2D eigenvalue weighted by atomic mass is 35.5. The Kier molecular flexibility index (Phi) is 4.00. The molecule has 0 heterocycles. The van der Waals surface area contributed by atoms with Crippen LogP contribution in [0.5, 0.6) is 0 Å². The smallest absolute Gasteiger partial charge is 0.0637 e. The van der Waals surface area contributed by atoms with Crippen molar-refractivity contribution >= 4 is 17.3 Å². The predicted octanol–water partition coefficient (Wildman–Crippen LogP) is 3.16. The molecule has 2 N–H and O–H groups in total. The lowest BCUT2D eigenvalue weighted by molar-refractivity contribution is 0.202. The van der Waals surface area contributed by atoms with Gasteiger partial charge in [0.15, 0.2) is 0 Å². The molecule has 0 spiro atoms. The standard InChI is InChI=1S/C12H18ClNO/c1-12(2,3)11(8-15)14-10-6-4-5-9(13)7-10/h4-7,11,14-15H,8H2,1-3H3. The molecular weight excluding hydrogens is 210 g/mol. The summed E-state index contributed by atoms with van der Waals surface area (Å²) in [5.74, 6) is 0. The van der Waals surface area contributed by atoms with E-state index in [0.717, 1.165) is 5.69 Å². The van der Waals surface area contributed by atoms with E-state index in [-0.39, 0.29) is 18.1 Å². The van der Waals surface area contributed by atoms with Crippen molar-refractivity contribution in [2.45, 2.75) is 26.8 Å². The van der Waals surface area contributed by atoms with Gasteiger partial charge in [0, 0.05) is 10.7 Å². The lowest BCUT2D eigenvalue weighted by Gasteiger charge is -2.30. The molecular formula is C12H18ClNO. The Morgan fingerprint density at radius 1 is 1.40 bits per heavy atom. The maximum absolute atomic E-state index is 9.30. The molecule has 0 aliphatic carbocycles. The third kappa shape index (κ3) is 3.73. The van der Waals surface area contributed by atoms with Crippen molar-refractivity contribution in [3.8, 4) is 0 Å². The van der Waals surface area contributed by atoms with Gasteiger partial charge in [0.25, 0.3) is 0 Å². The van der Waals surface area contributed by atoms with Gasteiger partial charge in [-0.25, -0.2) is 0 Å². The topological polar surface area (TPSA) is 32.3 Å². The maximum Gasteiger partial charge on any atom is 0.0637 e. The Morgan fingerprint density at radius 2 is 2.07 bits per heavy atom. The van der Waals surface area contributed by atoms with Crippen molar-refractivity contribution in [3.63, 3.8) is 0 Å². The summed E-state index contributed by atoms with van der Waals surface area (Å²) in [5.41, 5.74) is 0.952. The highest BCUT2D eigenvalue weighted by Crippen LogP contribution is 2.24. The molecule has 0 saturated carbocycles. The Labute approximate surface area is 96.3 Å². The predicted molar refractivity (Wildman–Crippen MR) is 65.4 cm³/mol. The SMILES string of the molecule is CC(C)(C)C(CO)Nc1cccc(Cl)c1. The summed E-state index contributed by atoms with van der Waals surface area (Å²) >= 11 is 5.88. The molecule has 2 nitrogen and oxygen atoms in total. The average Bonchev–Trinajstić information content (AvgIpc) is 2.12. The number of hydrogen-bond acceptors (Lipinski definition) is 2. The second-order valence-corrected chi connectivity index (χ2v) is 5.19. The maximum atomic E-state index is 9.30. The van der Waals surface area contributed by atoms with Crippen molar-refractivity contribution in [3.05, 3.63) is 29.3 Å². The first-order valence-electron chi connectivity index (χ1n) is 5.06. The highest BCUT2D eigenvalue weighted by molar-refractivity contribution is 6.30. The zero-order chi connectivity index (χ0) is 11.5. The van der Waals surface area contributed by atoms with E-state index < -0.39 is 0 Å². The minimum Gasteiger partial charge on any atom is -0.394 e. The van der Waals surface area contributed by atoms with Crippen LogP contribution in [0.15, 0.2) is 24.3 Å². The summed E-state index contributed by atoms with van der Waals surface area (Å²) in [6.07, 6.45) is 0. The Balaban J connectivity index is 2.76. The molecule has 3 heteroatoms. The fourth-order valence-electron chi connectivity index (χ4n) is 1.32. The van der Waals surface area contributed by atoms with Gasteiger partial charge >= 0.3 is 0 Å². The van der Waals surface area contributed by atoms with Crippen molar-refractivity contribution < 1.29 is 5.11 Å². The fraction of sp³-hybridized carbons (Fsp3) is 0.500. The van der Waals surface area contributed by atoms with Gasteiger partial charge in [-0.2, -0.15) is 0 Å². The van der Waals surface area contributed by atoms with Crippen LogP contribution in [0.25, 0.3) is 0 Å². The fourth-order valence-corrected chi connectivity index (χ4v) is 1.51. The number of rotatable bonds is 3. The van der Waals surface area contributed by atoms with E-state index in [4.69, 9.17) is 11.6 Å². The summed E-state index contributed by atoms with van der Waals surface area (Å²) < 4.78 is 0. The lowest BCUT2D eigenvalue weighted by atomic mass is 9.87. The summed E-state index contributed by atoms with van der Waals surface area (Å²) in [4.78, 5) is 0. The minimum absolute atomic E-state index is 0.0110. The van der Waals surface area contributed by atoms with Crippen LogP contribution in [0, 0.1) is 5.41 Å². The Hall–Kier alpha value is -0.730. The molecule has 15 heavy (non-hydrogen) atoms. The van der Waals surface area contributed by atoms with Crippen molar-refractivity contribution in [2.75, 3.05) is 11.9 Å². The van der Waals surface area contributed by atoms with Crippen LogP contribution < -0.4 is 5.32 Å². The van der Waals surface area contributed by atoms with Crippen LogP contribution in [0.4, 0.5) is 5.69 Å². The van der Waals surface area contributed by atoms with E-state index in [9.17, 15) is 5.11 Å². The molecule has 0 aliphatic rings. The summed E-state index contributed by atoms with van der Waals surface area (Å²) in [6, 6.07) is 7.55. The first kappa shape index (κ1) is 12.3. The normalized spacial score (nSPS) is 13.7. The van der Waals surface area contributed by atoms with Crippen LogP contribution in [0.1, 0.15) is 20.8 Å².